The summed E-state index contributed by atoms with van der Waals surface area (Å²) >= 11 is 0. The second-order valence-electron chi connectivity index (χ2n) is 4.98. The average molecular weight is 260 g/mol. The summed E-state index contributed by atoms with van der Waals surface area (Å²) in [5.74, 6) is 0.624. The molecule has 6 nitrogen and oxygen atoms in total. The van der Waals surface area contributed by atoms with Gasteiger partial charge in [0.05, 0.1) is 0 Å². The lowest BCUT2D eigenvalue weighted by atomic mass is 10.2. The molecule has 0 fully saturated rings. The van der Waals surface area contributed by atoms with E-state index in [1.54, 1.807) is 41.5 Å². The van der Waals surface area contributed by atoms with Crippen LogP contribution in [0, 0.1) is 0 Å². The number of anilines is 1. The molecule has 2 heterocycles. The second-order valence-corrected chi connectivity index (χ2v) is 4.98. The van der Waals surface area contributed by atoms with Gasteiger partial charge in [0.15, 0.2) is 5.82 Å². The Bertz CT molecular complexity index is 558. The Morgan fingerprint density at radius 2 is 2.16 bits per heavy atom. The normalized spacial score (nSPS) is 11.1. The van der Waals surface area contributed by atoms with Gasteiger partial charge in [-0.15, -0.1) is 0 Å². The number of pyridine rings is 1. The van der Waals surface area contributed by atoms with Crippen molar-refractivity contribution < 1.29 is 9.53 Å². The van der Waals surface area contributed by atoms with Gasteiger partial charge in [-0.05, 0) is 32.9 Å². The van der Waals surface area contributed by atoms with Gasteiger partial charge < -0.3 is 4.74 Å². The Morgan fingerprint density at radius 3 is 2.79 bits per heavy atom. The topological polar surface area (TPSA) is 69.0 Å². The zero-order chi connectivity index (χ0) is 13.9. The molecule has 1 amide bonds. The van der Waals surface area contributed by atoms with Crippen LogP contribution in [0.5, 0.6) is 0 Å². The largest absolute Gasteiger partial charge is 0.444 e. The number of carbonyl (C=O) groups is 1. The highest BCUT2D eigenvalue weighted by Gasteiger charge is 2.16. The van der Waals surface area contributed by atoms with Crippen molar-refractivity contribution in [2.45, 2.75) is 26.4 Å². The van der Waals surface area contributed by atoms with E-state index >= 15 is 0 Å². The monoisotopic (exact) mass is 260 g/mol. The Kier molecular flexibility index (Phi) is 3.50. The molecular formula is C13H16N4O2. The van der Waals surface area contributed by atoms with Crippen LogP contribution < -0.4 is 5.32 Å². The molecule has 0 spiro atoms. The minimum absolute atomic E-state index is 0.495. The number of amides is 1. The van der Waals surface area contributed by atoms with Gasteiger partial charge in [0.2, 0.25) is 0 Å². The molecule has 0 aliphatic heterocycles. The van der Waals surface area contributed by atoms with E-state index in [9.17, 15) is 4.79 Å². The van der Waals surface area contributed by atoms with Crippen molar-refractivity contribution in [1.29, 1.82) is 0 Å². The number of hydrogen-bond donors (Lipinski definition) is 1. The van der Waals surface area contributed by atoms with Crippen LogP contribution in [0.3, 0.4) is 0 Å². The van der Waals surface area contributed by atoms with Crippen LogP contribution in [-0.2, 0) is 4.74 Å². The summed E-state index contributed by atoms with van der Waals surface area (Å²) in [4.78, 5) is 15.8. The van der Waals surface area contributed by atoms with Crippen LogP contribution in [0.4, 0.5) is 10.5 Å². The predicted molar refractivity (Wildman–Crippen MR) is 71.2 cm³/mol. The summed E-state index contributed by atoms with van der Waals surface area (Å²) in [7, 11) is 0. The van der Waals surface area contributed by atoms with Gasteiger partial charge in [-0.2, -0.15) is 5.10 Å². The zero-order valence-electron chi connectivity index (χ0n) is 11.1. The minimum atomic E-state index is -0.526. The Hall–Kier alpha value is -2.37. The smallest absolute Gasteiger partial charge is 0.412 e. The second kappa shape index (κ2) is 5.09. The molecule has 0 saturated heterocycles. The Balaban J connectivity index is 2.10. The van der Waals surface area contributed by atoms with E-state index in [0.717, 1.165) is 0 Å². The minimum Gasteiger partial charge on any atom is -0.444 e. The lowest BCUT2D eigenvalue weighted by Gasteiger charge is -2.19. The maximum atomic E-state index is 11.6. The van der Waals surface area contributed by atoms with Gasteiger partial charge in [-0.3, -0.25) is 5.32 Å². The fraction of sp³-hybridized carbons (Fsp3) is 0.308. The number of aromatic nitrogens is 3. The molecule has 1 N–H and O–H groups in total. The first-order valence-corrected chi connectivity index (χ1v) is 5.90. The van der Waals surface area contributed by atoms with E-state index in [0.29, 0.717) is 11.5 Å². The van der Waals surface area contributed by atoms with Crippen molar-refractivity contribution in [2.24, 2.45) is 0 Å². The molecule has 2 rings (SSSR count). The fourth-order valence-electron chi connectivity index (χ4n) is 1.45. The van der Waals surface area contributed by atoms with E-state index in [-0.39, 0.29) is 0 Å². The Labute approximate surface area is 111 Å². The molecule has 0 aliphatic rings. The summed E-state index contributed by atoms with van der Waals surface area (Å²) < 4.78 is 6.79. The molecule has 0 aromatic carbocycles. The summed E-state index contributed by atoms with van der Waals surface area (Å²) in [5.41, 5.74) is 0.0804. The number of nitrogens with one attached hydrogen (secondary N) is 1. The zero-order valence-corrected chi connectivity index (χ0v) is 11.1. The van der Waals surface area contributed by atoms with Crippen molar-refractivity contribution in [3.63, 3.8) is 0 Å². The van der Waals surface area contributed by atoms with Crippen LogP contribution in [0.2, 0.25) is 0 Å². The van der Waals surface area contributed by atoms with Crippen LogP contribution >= 0.6 is 0 Å². The summed E-state index contributed by atoms with van der Waals surface area (Å²) in [6, 6.07) is 5.21. The van der Waals surface area contributed by atoms with Crippen LogP contribution in [-0.4, -0.2) is 26.5 Å². The third-order valence-electron chi connectivity index (χ3n) is 2.13. The molecule has 6 heteroatoms. The van der Waals surface area contributed by atoms with E-state index in [1.165, 1.54) is 0 Å². The van der Waals surface area contributed by atoms with Crippen LogP contribution in [0.25, 0.3) is 5.82 Å². The molecule has 0 aliphatic carbocycles. The SMILES string of the molecule is CC(C)(C)OC(=O)Nc1ccnc(-n2cccn2)c1. The van der Waals surface area contributed by atoms with Gasteiger partial charge in [0, 0.05) is 30.3 Å². The first kappa shape index (κ1) is 13.1. The number of ether oxygens (including phenoxy) is 1. The lowest BCUT2D eigenvalue weighted by Crippen LogP contribution is -2.27. The van der Waals surface area contributed by atoms with Gasteiger partial charge in [-0.1, -0.05) is 0 Å². The van der Waals surface area contributed by atoms with Crippen molar-refractivity contribution in [3.05, 3.63) is 36.8 Å². The quantitative estimate of drug-likeness (QED) is 0.901. The molecule has 0 bridgehead atoms. The predicted octanol–water partition coefficient (Wildman–Crippen LogP) is 2.61. The average Bonchev–Trinajstić information content (AvgIpc) is 2.79. The van der Waals surface area contributed by atoms with Gasteiger partial charge >= 0.3 is 6.09 Å². The molecule has 0 unspecified atom stereocenters. The highest BCUT2D eigenvalue weighted by Crippen LogP contribution is 2.13. The third kappa shape index (κ3) is 3.80. The van der Waals surface area contributed by atoms with E-state index < -0.39 is 11.7 Å². The van der Waals surface area contributed by atoms with Crippen molar-refractivity contribution in [2.75, 3.05) is 5.32 Å². The van der Waals surface area contributed by atoms with E-state index in [1.807, 2.05) is 20.8 Å². The molecule has 0 atom stereocenters. The third-order valence-corrected chi connectivity index (χ3v) is 2.13. The fourth-order valence-corrected chi connectivity index (χ4v) is 1.45. The molecule has 2 aromatic rings. The summed E-state index contributed by atoms with van der Waals surface area (Å²) in [6.45, 7) is 5.44. The molecular weight excluding hydrogens is 244 g/mol. The number of rotatable bonds is 2. The van der Waals surface area contributed by atoms with Gasteiger partial charge in [0.1, 0.15) is 5.60 Å². The Morgan fingerprint density at radius 1 is 1.37 bits per heavy atom. The van der Waals surface area contributed by atoms with Crippen LogP contribution in [0.15, 0.2) is 36.8 Å². The summed E-state index contributed by atoms with van der Waals surface area (Å²) in [6.07, 6.45) is 4.55. The maximum Gasteiger partial charge on any atom is 0.412 e. The molecule has 0 saturated carbocycles. The van der Waals surface area contributed by atoms with E-state index in [2.05, 4.69) is 15.4 Å². The summed E-state index contributed by atoms with van der Waals surface area (Å²) in [5, 5.41) is 6.73. The first-order valence-electron chi connectivity index (χ1n) is 5.90. The molecule has 0 radical (unpaired) electrons. The lowest BCUT2D eigenvalue weighted by molar-refractivity contribution is 0.0636. The number of nitrogens with zero attached hydrogens (tertiary/aromatic N) is 3. The van der Waals surface area contributed by atoms with Crippen molar-refractivity contribution >= 4 is 11.8 Å². The molecule has 19 heavy (non-hydrogen) atoms. The highest BCUT2D eigenvalue weighted by atomic mass is 16.6. The number of carbonyl (C=O) groups excluding carboxylic acids is 1. The van der Waals surface area contributed by atoms with Gasteiger partial charge in [0.25, 0.3) is 0 Å². The first-order chi connectivity index (χ1) is 8.94. The van der Waals surface area contributed by atoms with E-state index in [4.69, 9.17) is 4.74 Å². The maximum absolute atomic E-state index is 11.6. The molecule has 100 valence electrons. The number of hydrogen-bond acceptors (Lipinski definition) is 4. The van der Waals surface area contributed by atoms with Crippen LogP contribution in [0.1, 0.15) is 20.8 Å². The van der Waals surface area contributed by atoms with Gasteiger partial charge in [-0.25, -0.2) is 14.5 Å². The highest BCUT2D eigenvalue weighted by molar-refractivity contribution is 5.85. The molecule has 2 aromatic heterocycles. The van der Waals surface area contributed by atoms with Crippen molar-refractivity contribution in [3.8, 4) is 5.82 Å². The van der Waals surface area contributed by atoms with Crippen molar-refractivity contribution in [1.82, 2.24) is 14.8 Å². The standard InChI is InChI=1S/C13H16N4O2/c1-13(2,3)19-12(18)16-10-5-7-14-11(9-10)17-8-4-6-15-17/h4-9H,1-3H3,(H,14,16,18).